The second-order valence-corrected chi connectivity index (χ2v) is 12.0. The third-order valence-electron chi connectivity index (χ3n) is 5.64. The molecule has 4 atom stereocenters. The fourth-order valence-corrected chi connectivity index (χ4v) is 5.97. The van der Waals surface area contributed by atoms with E-state index in [-0.39, 0.29) is 36.6 Å². The summed E-state index contributed by atoms with van der Waals surface area (Å²) in [5, 5.41) is 15.5. The van der Waals surface area contributed by atoms with Crippen LogP contribution in [0.15, 0.2) is 0 Å². The Morgan fingerprint density at radius 3 is 2.23 bits per heavy atom. The minimum absolute atomic E-state index is 0.0579. The third kappa shape index (κ3) is 10.4. The molecule has 0 spiro atoms. The Morgan fingerprint density at radius 2 is 1.70 bits per heavy atom. The average Bonchev–Trinajstić information content (AvgIpc) is 2.64. The zero-order valence-electron chi connectivity index (χ0n) is 19.0. The molecule has 0 aromatic heterocycles. The second-order valence-electron chi connectivity index (χ2n) is 9.57. The van der Waals surface area contributed by atoms with Gasteiger partial charge in [0.1, 0.15) is 6.04 Å². The Balaban J connectivity index is 2.55. The first-order chi connectivity index (χ1) is 13.9. The first-order valence-electron chi connectivity index (χ1n) is 11.2. The second kappa shape index (κ2) is 12.8. The quantitative estimate of drug-likeness (QED) is 0.289. The van der Waals surface area contributed by atoms with Crippen LogP contribution in [-0.2, 0) is 14.2 Å². The van der Waals surface area contributed by atoms with E-state index >= 15 is 0 Å². The predicted molar refractivity (Wildman–Crippen MR) is 119 cm³/mol. The van der Waals surface area contributed by atoms with Gasteiger partial charge in [-0.2, -0.15) is 0 Å². The lowest BCUT2D eigenvalue weighted by atomic mass is 9.91. The van der Waals surface area contributed by atoms with Crippen LogP contribution >= 0.6 is 7.37 Å². The molecule has 0 saturated heterocycles. The molecule has 0 heterocycles. The Kier molecular flexibility index (Phi) is 11.6. The molecule has 30 heavy (non-hydrogen) atoms. The van der Waals surface area contributed by atoms with Gasteiger partial charge in [0.15, 0.2) is 0 Å². The highest BCUT2D eigenvalue weighted by Gasteiger charge is 2.30. The fourth-order valence-electron chi connectivity index (χ4n) is 3.86. The summed E-state index contributed by atoms with van der Waals surface area (Å²) < 4.78 is 12.5. The normalized spacial score (nSPS) is 20.4. The molecule has 0 radical (unpaired) electrons. The molecule has 1 aliphatic carbocycles. The van der Waals surface area contributed by atoms with Crippen LogP contribution in [-0.4, -0.2) is 58.9 Å². The van der Waals surface area contributed by atoms with Crippen molar-refractivity contribution < 1.29 is 24.2 Å². The molecule has 0 aliphatic heterocycles. The van der Waals surface area contributed by atoms with Gasteiger partial charge in [0.05, 0.1) is 18.3 Å². The van der Waals surface area contributed by atoms with Crippen molar-refractivity contribution >= 4 is 19.2 Å². The number of aliphatic hydroxyl groups is 1. The topological polar surface area (TPSA) is 142 Å². The Bertz CT molecular complexity index is 593. The summed E-state index contributed by atoms with van der Waals surface area (Å²) in [6, 6.07) is -1.48. The molecular weight excluding hydrogens is 405 g/mol. The lowest BCUT2D eigenvalue weighted by Gasteiger charge is -2.26. The van der Waals surface area contributed by atoms with Crippen molar-refractivity contribution in [1.82, 2.24) is 10.6 Å². The molecule has 1 aliphatic rings. The average molecular weight is 448 g/mol. The molecule has 8 nitrogen and oxygen atoms in total. The summed E-state index contributed by atoms with van der Waals surface area (Å²) in [4.78, 5) is 35.1. The number of carbonyl (C=O) groups excluding carboxylic acids is 2. The van der Waals surface area contributed by atoms with E-state index in [9.17, 15) is 24.2 Å². The van der Waals surface area contributed by atoms with Crippen LogP contribution in [0.1, 0.15) is 66.2 Å². The summed E-state index contributed by atoms with van der Waals surface area (Å²) in [5.41, 5.74) is 5.87. The zero-order chi connectivity index (χ0) is 22.9. The van der Waals surface area contributed by atoms with E-state index in [4.69, 9.17) is 5.73 Å². The summed E-state index contributed by atoms with van der Waals surface area (Å²) >= 11 is 0. The van der Waals surface area contributed by atoms with Gasteiger partial charge >= 0.3 is 0 Å². The van der Waals surface area contributed by atoms with E-state index < -0.39 is 37.4 Å². The highest BCUT2D eigenvalue weighted by atomic mass is 31.2. The Morgan fingerprint density at radius 1 is 1.10 bits per heavy atom. The van der Waals surface area contributed by atoms with Crippen LogP contribution in [0.4, 0.5) is 0 Å². The van der Waals surface area contributed by atoms with Gasteiger partial charge in [-0.15, -0.1) is 0 Å². The Labute approximate surface area is 181 Å². The molecule has 2 amide bonds. The highest BCUT2D eigenvalue weighted by Crippen LogP contribution is 2.45. The maximum Gasteiger partial charge on any atom is 0.242 e. The lowest BCUT2D eigenvalue weighted by Crippen LogP contribution is -2.54. The van der Waals surface area contributed by atoms with Gasteiger partial charge < -0.3 is 26.4 Å². The van der Waals surface area contributed by atoms with E-state index in [1.807, 2.05) is 27.7 Å². The van der Waals surface area contributed by atoms with Crippen LogP contribution < -0.4 is 16.4 Å². The molecule has 9 heteroatoms. The number of nitrogens with one attached hydrogen (secondary N) is 2. The standard InChI is InChI=1S/C21H42N3O5P/c1-14(2)10-18(24-21(27)19(22)15(3)4)20(26)23-11-17(25)13-30(28,29)12-16-8-6-5-7-9-16/h14-19,25H,5-13,22H2,1-4H3,(H,23,26)(H,24,27)(H,28,29). The maximum atomic E-state index is 12.6. The molecule has 0 aromatic rings. The SMILES string of the molecule is CC(C)CC(NC(=O)C(N)C(C)C)C(=O)NCC(O)CP(=O)(O)CC1CCCCC1. The van der Waals surface area contributed by atoms with Crippen LogP contribution in [0.2, 0.25) is 0 Å². The third-order valence-corrected chi connectivity index (χ3v) is 7.72. The zero-order valence-corrected chi connectivity index (χ0v) is 19.9. The number of hydrogen-bond acceptors (Lipinski definition) is 5. The van der Waals surface area contributed by atoms with Crippen molar-refractivity contribution in [3.8, 4) is 0 Å². The summed E-state index contributed by atoms with van der Waals surface area (Å²) in [5.74, 6) is -0.468. The van der Waals surface area contributed by atoms with E-state index in [1.165, 1.54) is 6.42 Å². The van der Waals surface area contributed by atoms with Gasteiger partial charge in [-0.3, -0.25) is 14.2 Å². The number of rotatable bonds is 12. The molecule has 4 unspecified atom stereocenters. The number of carbonyl (C=O) groups is 2. The smallest absolute Gasteiger partial charge is 0.242 e. The van der Waals surface area contributed by atoms with E-state index in [2.05, 4.69) is 10.6 Å². The number of hydrogen-bond donors (Lipinski definition) is 5. The van der Waals surface area contributed by atoms with Gasteiger partial charge in [-0.05, 0) is 37.0 Å². The van der Waals surface area contributed by atoms with Crippen molar-refractivity contribution in [3.05, 3.63) is 0 Å². The van der Waals surface area contributed by atoms with Crippen molar-refractivity contribution in [1.29, 1.82) is 0 Å². The van der Waals surface area contributed by atoms with E-state index in [1.54, 1.807) is 0 Å². The fraction of sp³-hybridized carbons (Fsp3) is 0.905. The van der Waals surface area contributed by atoms with Crippen molar-refractivity contribution in [2.75, 3.05) is 18.9 Å². The predicted octanol–water partition coefficient (Wildman–Crippen LogP) is 1.83. The van der Waals surface area contributed by atoms with Gasteiger partial charge in [-0.25, -0.2) is 0 Å². The van der Waals surface area contributed by atoms with E-state index in [0.717, 1.165) is 25.7 Å². The first kappa shape index (κ1) is 27.1. The minimum atomic E-state index is -3.46. The number of aliphatic hydroxyl groups excluding tert-OH is 1. The van der Waals surface area contributed by atoms with E-state index in [0.29, 0.717) is 6.42 Å². The number of nitrogens with two attached hydrogens (primary N) is 1. The minimum Gasteiger partial charge on any atom is -0.391 e. The van der Waals surface area contributed by atoms with Gasteiger partial charge in [0.2, 0.25) is 19.2 Å². The van der Waals surface area contributed by atoms with Crippen LogP contribution in [0.5, 0.6) is 0 Å². The largest absolute Gasteiger partial charge is 0.391 e. The molecule has 0 bridgehead atoms. The summed E-state index contributed by atoms with van der Waals surface area (Å²) in [6.07, 6.45) is 4.61. The molecule has 0 aromatic carbocycles. The molecule has 176 valence electrons. The monoisotopic (exact) mass is 447 g/mol. The lowest BCUT2D eigenvalue weighted by molar-refractivity contribution is -0.130. The van der Waals surface area contributed by atoms with Gasteiger partial charge in [0, 0.05) is 12.7 Å². The van der Waals surface area contributed by atoms with Gasteiger partial charge in [0.25, 0.3) is 0 Å². The first-order valence-corrected chi connectivity index (χ1v) is 13.3. The van der Waals surface area contributed by atoms with Crippen molar-refractivity contribution in [2.45, 2.75) is 84.4 Å². The highest BCUT2D eigenvalue weighted by molar-refractivity contribution is 7.58. The Hall–Kier alpha value is -0.950. The van der Waals surface area contributed by atoms with Crippen LogP contribution in [0.25, 0.3) is 0 Å². The molecule has 1 fully saturated rings. The molecular formula is C21H42N3O5P. The van der Waals surface area contributed by atoms with Gasteiger partial charge in [-0.1, -0.05) is 47.0 Å². The van der Waals surface area contributed by atoms with Crippen LogP contribution in [0, 0.1) is 17.8 Å². The molecule has 1 saturated carbocycles. The molecule has 1 rings (SSSR count). The van der Waals surface area contributed by atoms with Crippen molar-refractivity contribution in [3.63, 3.8) is 0 Å². The summed E-state index contributed by atoms with van der Waals surface area (Å²) in [7, 11) is -3.46. The van der Waals surface area contributed by atoms with Crippen LogP contribution in [0.3, 0.4) is 0 Å². The summed E-state index contributed by atoms with van der Waals surface area (Å²) in [6.45, 7) is 7.42. The molecule has 6 N–H and O–H groups in total. The van der Waals surface area contributed by atoms with Crippen molar-refractivity contribution in [2.24, 2.45) is 23.5 Å². The number of amides is 2. The maximum absolute atomic E-state index is 12.6.